The van der Waals surface area contributed by atoms with E-state index in [1.807, 2.05) is 0 Å². The van der Waals surface area contributed by atoms with Crippen LogP contribution < -0.4 is 10.9 Å². The van der Waals surface area contributed by atoms with Gasteiger partial charge in [-0.15, -0.1) is 0 Å². The maximum atomic E-state index is 12.4. The number of nitro groups is 2. The van der Waals surface area contributed by atoms with E-state index in [9.17, 15) is 29.8 Å². The van der Waals surface area contributed by atoms with Crippen molar-refractivity contribution < 1.29 is 19.4 Å². The summed E-state index contributed by atoms with van der Waals surface area (Å²) in [6.07, 6.45) is 0.796. The number of aryl methyl sites for hydroxylation is 1. The molecule has 0 bridgehead atoms. The first kappa shape index (κ1) is 18.1. The summed E-state index contributed by atoms with van der Waals surface area (Å²) in [6.45, 7) is 0. The summed E-state index contributed by atoms with van der Waals surface area (Å²) < 4.78 is 0. The van der Waals surface area contributed by atoms with Crippen molar-refractivity contribution >= 4 is 28.6 Å². The number of hydrazine groups is 1. The third kappa shape index (κ3) is 3.65. The summed E-state index contributed by atoms with van der Waals surface area (Å²) in [5, 5.41) is 21.9. The molecule has 1 aliphatic carbocycles. The third-order valence-corrected chi connectivity index (χ3v) is 4.27. The number of anilines is 1. The molecule has 0 saturated carbocycles. The minimum Gasteiger partial charge on any atom is -0.315 e. The maximum Gasteiger partial charge on any atom is 0.300 e. The molecule has 1 unspecified atom stereocenters. The lowest BCUT2D eigenvalue weighted by Gasteiger charge is -2.16. The molecule has 0 amide bonds. The molecule has 10 heteroatoms. The van der Waals surface area contributed by atoms with Gasteiger partial charge in [0.25, 0.3) is 5.69 Å². The van der Waals surface area contributed by atoms with Crippen molar-refractivity contribution in [2.24, 2.45) is 0 Å². The number of nitrogens with zero attached hydrogens (tertiary/aromatic N) is 2. The Balaban J connectivity index is 1.79. The fourth-order valence-corrected chi connectivity index (χ4v) is 2.87. The zero-order valence-electron chi connectivity index (χ0n) is 13.9. The van der Waals surface area contributed by atoms with Crippen LogP contribution >= 0.6 is 0 Å². The highest BCUT2D eigenvalue weighted by Gasteiger charge is 2.31. The zero-order valence-corrected chi connectivity index (χ0v) is 13.9. The summed E-state index contributed by atoms with van der Waals surface area (Å²) >= 11 is 0. The SMILES string of the molecule is O=C1C(=O)C(NNc2ccc([N+](=O)[O-])cc2[N+](=O)[O-])CCc2ccccc21. The second-order valence-electron chi connectivity index (χ2n) is 5.93. The van der Waals surface area contributed by atoms with E-state index in [4.69, 9.17) is 0 Å². The van der Waals surface area contributed by atoms with Gasteiger partial charge in [-0.3, -0.25) is 29.8 Å². The predicted molar refractivity (Wildman–Crippen MR) is 94.4 cm³/mol. The summed E-state index contributed by atoms with van der Waals surface area (Å²) in [5.41, 5.74) is 5.31. The summed E-state index contributed by atoms with van der Waals surface area (Å²) in [5.74, 6) is -1.28. The second-order valence-corrected chi connectivity index (χ2v) is 5.93. The molecule has 0 fully saturated rings. The molecule has 2 N–H and O–H groups in total. The number of nitro benzene ring substituents is 2. The van der Waals surface area contributed by atoms with Gasteiger partial charge in [0.15, 0.2) is 0 Å². The molecule has 2 aromatic rings. The fourth-order valence-electron chi connectivity index (χ4n) is 2.87. The normalized spacial score (nSPS) is 16.4. The van der Waals surface area contributed by atoms with Crippen LogP contribution in [0, 0.1) is 20.2 Å². The lowest BCUT2D eigenvalue weighted by atomic mass is 10.0. The molecule has 1 aliphatic rings. The van der Waals surface area contributed by atoms with Crippen LogP contribution in [0.5, 0.6) is 0 Å². The highest BCUT2D eigenvalue weighted by Crippen LogP contribution is 2.28. The Morgan fingerprint density at radius 3 is 2.44 bits per heavy atom. The number of carbonyl (C=O) groups is 2. The number of benzene rings is 2. The lowest BCUT2D eigenvalue weighted by Crippen LogP contribution is -2.43. The van der Waals surface area contributed by atoms with Crippen LogP contribution in [0.15, 0.2) is 42.5 Å². The largest absolute Gasteiger partial charge is 0.315 e. The fraction of sp³-hybridized carbons (Fsp3) is 0.176. The van der Waals surface area contributed by atoms with Crippen LogP contribution in [0.25, 0.3) is 0 Å². The molecule has 0 saturated heterocycles. The van der Waals surface area contributed by atoms with Crippen LogP contribution in [0.1, 0.15) is 22.3 Å². The van der Waals surface area contributed by atoms with Gasteiger partial charge in [0, 0.05) is 11.6 Å². The Kier molecular flexibility index (Phi) is 4.90. The highest BCUT2D eigenvalue weighted by molar-refractivity contribution is 6.45. The first-order chi connectivity index (χ1) is 12.9. The molecule has 0 radical (unpaired) electrons. The van der Waals surface area contributed by atoms with Crippen LogP contribution in [0.2, 0.25) is 0 Å². The first-order valence-electron chi connectivity index (χ1n) is 7.99. The minimum atomic E-state index is -0.889. The monoisotopic (exact) mass is 370 g/mol. The number of rotatable bonds is 5. The molecular formula is C17H14N4O6. The van der Waals surface area contributed by atoms with Gasteiger partial charge in [-0.2, -0.15) is 0 Å². The topological polar surface area (TPSA) is 144 Å². The van der Waals surface area contributed by atoms with Gasteiger partial charge in [-0.05, 0) is 24.5 Å². The number of hydrogen-bond donors (Lipinski definition) is 2. The van der Waals surface area contributed by atoms with Gasteiger partial charge in [-0.1, -0.05) is 24.3 Å². The molecule has 0 heterocycles. The van der Waals surface area contributed by atoms with Crippen LogP contribution in [-0.2, 0) is 11.2 Å². The lowest BCUT2D eigenvalue weighted by molar-refractivity contribution is -0.393. The number of ketones is 2. The quantitative estimate of drug-likeness (QED) is 0.353. The Labute approximate surface area is 152 Å². The number of nitrogens with one attached hydrogen (secondary N) is 2. The molecule has 0 spiro atoms. The molecule has 138 valence electrons. The van der Waals surface area contributed by atoms with Crippen molar-refractivity contribution in [1.82, 2.24) is 5.43 Å². The minimum absolute atomic E-state index is 0.0485. The smallest absolute Gasteiger partial charge is 0.300 e. The third-order valence-electron chi connectivity index (χ3n) is 4.27. The number of carbonyl (C=O) groups excluding carboxylic acids is 2. The van der Waals surface area contributed by atoms with E-state index in [1.165, 1.54) is 6.07 Å². The van der Waals surface area contributed by atoms with Crippen molar-refractivity contribution in [3.05, 3.63) is 73.8 Å². The van der Waals surface area contributed by atoms with Crippen LogP contribution in [0.4, 0.5) is 17.1 Å². The molecule has 1 atom stereocenters. The van der Waals surface area contributed by atoms with Crippen LogP contribution in [-0.4, -0.2) is 27.5 Å². The molecule has 27 heavy (non-hydrogen) atoms. The van der Waals surface area contributed by atoms with Gasteiger partial charge < -0.3 is 5.43 Å². The van der Waals surface area contributed by atoms with E-state index < -0.39 is 38.8 Å². The van der Waals surface area contributed by atoms with Gasteiger partial charge in [-0.25, -0.2) is 5.43 Å². The average molecular weight is 370 g/mol. The summed E-state index contributed by atoms with van der Waals surface area (Å²) in [4.78, 5) is 45.2. The number of fused-ring (bicyclic) bond motifs is 1. The van der Waals surface area contributed by atoms with Crippen molar-refractivity contribution in [3.63, 3.8) is 0 Å². The van der Waals surface area contributed by atoms with E-state index in [1.54, 1.807) is 24.3 Å². The summed E-state index contributed by atoms with van der Waals surface area (Å²) in [6, 6.07) is 9.02. The molecule has 0 aromatic heterocycles. The number of Topliss-reactive ketones (excluding diaryl/α,β-unsaturated/α-hetero) is 2. The second kappa shape index (κ2) is 7.30. The van der Waals surface area contributed by atoms with E-state index in [0.29, 0.717) is 18.4 Å². The van der Waals surface area contributed by atoms with Gasteiger partial charge in [0.2, 0.25) is 11.6 Å². The zero-order chi connectivity index (χ0) is 19.6. The van der Waals surface area contributed by atoms with E-state index in [0.717, 1.165) is 17.7 Å². The average Bonchev–Trinajstić information content (AvgIpc) is 2.77. The summed E-state index contributed by atoms with van der Waals surface area (Å²) in [7, 11) is 0. The van der Waals surface area contributed by atoms with Crippen molar-refractivity contribution in [2.75, 3.05) is 5.43 Å². The molecule has 0 aliphatic heterocycles. The molecule has 10 nitrogen and oxygen atoms in total. The van der Waals surface area contributed by atoms with Gasteiger partial charge in [0.1, 0.15) is 5.69 Å². The molecular weight excluding hydrogens is 356 g/mol. The van der Waals surface area contributed by atoms with Crippen molar-refractivity contribution in [3.8, 4) is 0 Å². The molecule has 2 aromatic carbocycles. The van der Waals surface area contributed by atoms with Crippen LogP contribution in [0.3, 0.4) is 0 Å². The predicted octanol–water partition coefficient (Wildman–Crippen LogP) is 2.19. The first-order valence-corrected chi connectivity index (χ1v) is 7.99. The standard InChI is InChI=1S/C17H14N4O6/c22-16-12-4-2-1-3-10(12)5-7-14(17(16)23)19-18-13-8-6-11(20(24)25)9-15(13)21(26)27/h1-4,6,8-9,14,18-19H,5,7H2. The van der Waals surface area contributed by atoms with Gasteiger partial charge in [0.05, 0.1) is 22.0 Å². The Bertz CT molecular complexity index is 958. The Hall–Kier alpha value is -3.66. The number of hydrogen-bond acceptors (Lipinski definition) is 8. The highest BCUT2D eigenvalue weighted by atomic mass is 16.6. The van der Waals surface area contributed by atoms with Crippen molar-refractivity contribution in [1.29, 1.82) is 0 Å². The Morgan fingerprint density at radius 2 is 1.74 bits per heavy atom. The van der Waals surface area contributed by atoms with E-state index in [2.05, 4.69) is 10.9 Å². The van der Waals surface area contributed by atoms with E-state index in [-0.39, 0.29) is 5.69 Å². The molecule has 3 rings (SSSR count). The van der Waals surface area contributed by atoms with E-state index >= 15 is 0 Å². The Morgan fingerprint density at radius 1 is 1.00 bits per heavy atom. The maximum absolute atomic E-state index is 12.4. The van der Waals surface area contributed by atoms with Gasteiger partial charge >= 0.3 is 5.69 Å². The number of non-ortho nitro benzene ring substituents is 1. The van der Waals surface area contributed by atoms with Crippen molar-refractivity contribution in [2.45, 2.75) is 18.9 Å².